The number of amides is 1. The third-order valence-electron chi connectivity index (χ3n) is 3.68. The molecule has 132 valence electrons. The Labute approximate surface area is 155 Å². The number of methoxy groups -OCH3 is 1. The van der Waals surface area contributed by atoms with E-state index in [1.165, 1.54) is 19.6 Å². The van der Waals surface area contributed by atoms with Gasteiger partial charge in [0.15, 0.2) is 6.10 Å². The summed E-state index contributed by atoms with van der Waals surface area (Å²) in [5.74, 6) is -0.463. The smallest absolute Gasteiger partial charge is 0.340 e. The second-order valence-electron chi connectivity index (χ2n) is 5.43. The van der Waals surface area contributed by atoms with Crippen LogP contribution in [0.1, 0.15) is 29.8 Å². The zero-order valence-corrected chi connectivity index (χ0v) is 15.9. The Hall–Kier alpha value is -2.34. The average Bonchev–Trinajstić information content (AvgIpc) is 2.62. The monoisotopic (exact) mass is 405 g/mol. The van der Waals surface area contributed by atoms with Crippen LogP contribution in [-0.4, -0.2) is 25.1 Å². The van der Waals surface area contributed by atoms with E-state index in [0.29, 0.717) is 21.5 Å². The fourth-order valence-corrected chi connectivity index (χ4v) is 2.54. The summed E-state index contributed by atoms with van der Waals surface area (Å²) in [6, 6.07) is 12.5. The van der Waals surface area contributed by atoms with Crippen LogP contribution >= 0.6 is 15.9 Å². The first-order valence-electron chi connectivity index (χ1n) is 7.89. The molecule has 0 fully saturated rings. The van der Waals surface area contributed by atoms with Crippen LogP contribution in [0.5, 0.6) is 5.75 Å². The molecule has 0 aliphatic rings. The SMILES string of the molecule is CCc1ccc(NC(=O)[C@H](C)OC(=O)c2cc(OC)ccc2Br)cc1. The molecule has 0 unspecified atom stereocenters. The molecule has 0 heterocycles. The number of anilines is 1. The van der Waals surface area contributed by atoms with Gasteiger partial charge in [0.2, 0.25) is 0 Å². The van der Waals surface area contributed by atoms with E-state index in [0.717, 1.165) is 6.42 Å². The van der Waals surface area contributed by atoms with Gasteiger partial charge in [-0.2, -0.15) is 0 Å². The number of hydrogen-bond acceptors (Lipinski definition) is 4. The van der Waals surface area contributed by atoms with E-state index in [1.54, 1.807) is 18.2 Å². The molecule has 2 aromatic carbocycles. The number of carbonyl (C=O) groups is 2. The minimum absolute atomic E-state index is 0.297. The molecule has 6 heteroatoms. The lowest BCUT2D eigenvalue weighted by Crippen LogP contribution is -2.30. The highest BCUT2D eigenvalue weighted by Crippen LogP contribution is 2.23. The number of aryl methyl sites for hydroxylation is 1. The normalized spacial score (nSPS) is 11.5. The molecular weight excluding hydrogens is 386 g/mol. The molecule has 25 heavy (non-hydrogen) atoms. The first-order valence-corrected chi connectivity index (χ1v) is 8.68. The molecule has 0 spiro atoms. The van der Waals surface area contributed by atoms with E-state index in [-0.39, 0.29) is 0 Å². The van der Waals surface area contributed by atoms with Crippen LogP contribution < -0.4 is 10.1 Å². The van der Waals surface area contributed by atoms with Gasteiger partial charge in [-0.1, -0.05) is 19.1 Å². The molecule has 1 atom stereocenters. The van der Waals surface area contributed by atoms with Crippen molar-refractivity contribution in [2.24, 2.45) is 0 Å². The number of hydrogen-bond donors (Lipinski definition) is 1. The van der Waals surface area contributed by atoms with Crippen LogP contribution in [0, 0.1) is 0 Å². The fraction of sp³-hybridized carbons (Fsp3) is 0.263. The van der Waals surface area contributed by atoms with Gasteiger partial charge >= 0.3 is 5.97 Å². The van der Waals surface area contributed by atoms with Crippen molar-refractivity contribution in [3.8, 4) is 5.75 Å². The van der Waals surface area contributed by atoms with Gasteiger partial charge in [0.1, 0.15) is 5.75 Å². The third-order valence-corrected chi connectivity index (χ3v) is 4.37. The fourth-order valence-electron chi connectivity index (χ4n) is 2.13. The molecule has 0 saturated carbocycles. The number of ether oxygens (including phenoxy) is 2. The summed E-state index contributed by atoms with van der Waals surface area (Å²) in [7, 11) is 1.51. The van der Waals surface area contributed by atoms with Crippen LogP contribution in [0.2, 0.25) is 0 Å². The topological polar surface area (TPSA) is 64.6 Å². The molecular formula is C19H20BrNO4. The third kappa shape index (κ3) is 5.06. The van der Waals surface area contributed by atoms with Gasteiger partial charge in [0.25, 0.3) is 5.91 Å². The quantitative estimate of drug-likeness (QED) is 0.731. The van der Waals surface area contributed by atoms with Crippen LogP contribution in [0.4, 0.5) is 5.69 Å². The Morgan fingerprint density at radius 1 is 1.16 bits per heavy atom. The van der Waals surface area contributed by atoms with Gasteiger partial charge in [-0.15, -0.1) is 0 Å². The van der Waals surface area contributed by atoms with E-state index < -0.39 is 18.0 Å². The van der Waals surface area contributed by atoms with Crippen molar-refractivity contribution < 1.29 is 19.1 Å². The first kappa shape index (κ1) is 19.0. The summed E-state index contributed by atoms with van der Waals surface area (Å²) in [5, 5.41) is 2.73. The van der Waals surface area contributed by atoms with Crippen LogP contribution in [0.15, 0.2) is 46.9 Å². The zero-order valence-electron chi connectivity index (χ0n) is 14.3. The number of nitrogens with one attached hydrogen (secondary N) is 1. The van der Waals surface area contributed by atoms with E-state index >= 15 is 0 Å². The summed E-state index contributed by atoms with van der Waals surface area (Å²) in [5.41, 5.74) is 2.14. The lowest BCUT2D eigenvalue weighted by atomic mass is 10.1. The predicted molar refractivity (Wildman–Crippen MR) is 100 cm³/mol. The molecule has 0 bridgehead atoms. The number of carbonyl (C=O) groups excluding carboxylic acids is 2. The number of halogens is 1. The number of benzene rings is 2. The summed E-state index contributed by atoms with van der Waals surface area (Å²) >= 11 is 3.30. The maximum absolute atomic E-state index is 12.3. The maximum atomic E-state index is 12.3. The number of rotatable bonds is 6. The summed E-state index contributed by atoms with van der Waals surface area (Å²) in [4.78, 5) is 24.5. The summed E-state index contributed by atoms with van der Waals surface area (Å²) < 4.78 is 10.9. The van der Waals surface area contributed by atoms with Gasteiger partial charge in [0.05, 0.1) is 12.7 Å². The van der Waals surface area contributed by atoms with Crippen molar-refractivity contribution in [1.29, 1.82) is 0 Å². The lowest BCUT2D eigenvalue weighted by Gasteiger charge is -2.14. The van der Waals surface area contributed by atoms with E-state index in [2.05, 4.69) is 28.2 Å². The Morgan fingerprint density at radius 3 is 2.44 bits per heavy atom. The van der Waals surface area contributed by atoms with Crippen molar-refractivity contribution >= 4 is 33.5 Å². The van der Waals surface area contributed by atoms with E-state index in [4.69, 9.17) is 9.47 Å². The van der Waals surface area contributed by atoms with Crippen molar-refractivity contribution in [3.05, 3.63) is 58.1 Å². The standard InChI is InChI=1S/C19H20BrNO4/c1-4-13-5-7-14(8-6-13)21-18(22)12(2)25-19(23)16-11-15(24-3)9-10-17(16)20/h5-12H,4H2,1-3H3,(H,21,22)/t12-/m0/s1. The molecule has 5 nitrogen and oxygen atoms in total. The van der Waals surface area contributed by atoms with Crippen LogP contribution in [0.25, 0.3) is 0 Å². The molecule has 0 aliphatic heterocycles. The van der Waals surface area contributed by atoms with Crippen LogP contribution in [0.3, 0.4) is 0 Å². The molecule has 0 aromatic heterocycles. The van der Waals surface area contributed by atoms with Gasteiger partial charge in [-0.05, 0) is 65.2 Å². The first-order chi connectivity index (χ1) is 11.9. The lowest BCUT2D eigenvalue weighted by molar-refractivity contribution is -0.123. The minimum Gasteiger partial charge on any atom is -0.497 e. The Balaban J connectivity index is 2.01. The molecule has 0 radical (unpaired) electrons. The Bertz CT molecular complexity index is 759. The Morgan fingerprint density at radius 2 is 1.84 bits per heavy atom. The summed E-state index contributed by atoms with van der Waals surface area (Å²) in [6.45, 7) is 3.59. The zero-order chi connectivity index (χ0) is 18.4. The van der Waals surface area contributed by atoms with E-state index in [1.807, 2.05) is 24.3 Å². The Kier molecular flexibility index (Phi) is 6.58. The molecule has 2 rings (SSSR count). The molecule has 0 saturated heterocycles. The van der Waals surface area contributed by atoms with Gasteiger partial charge < -0.3 is 14.8 Å². The van der Waals surface area contributed by atoms with Crippen LogP contribution in [-0.2, 0) is 16.0 Å². The van der Waals surface area contributed by atoms with Crippen molar-refractivity contribution in [2.45, 2.75) is 26.4 Å². The molecule has 1 N–H and O–H groups in total. The molecule has 2 aromatic rings. The highest BCUT2D eigenvalue weighted by Gasteiger charge is 2.21. The maximum Gasteiger partial charge on any atom is 0.340 e. The highest BCUT2D eigenvalue weighted by atomic mass is 79.9. The largest absolute Gasteiger partial charge is 0.497 e. The van der Waals surface area contributed by atoms with Gasteiger partial charge in [0, 0.05) is 10.2 Å². The van der Waals surface area contributed by atoms with Gasteiger partial charge in [-0.25, -0.2) is 4.79 Å². The predicted octanol–water partition coefficient (Wildman–Crippen LogP) is 4.20. The van der Waals surface area contributed by atoms with Crippen molar-refractivity contribution in [1.82, 2.24) is 0 Å². The summed E-state index contributed by atoms with van der Waals surface area (Å²) in [6.07, 6.45) is -0.00561. The van der Waals surface area contributed by atoms with Crippen molar-refractivity contribution in [3.63, 3.8) is 0 Å². The average molecular weight is 406 g/mol. The second kappa shape index (κ2) is 8.67. The van der Waals surface area contributed by atoms with Crippen molar-refractivity contribution in [2.75, 3.05) is 12.4 Å². The minimum atomic E-state index is -0.934. The second-order valence-corrected chi connectivity index (χ2v) is 6.29. The number of esters is 1. The molecule has 0 aliphatic carbocycles. The molecule has 1 amide bonds. The highest BCUT2D eigenvalue weighted by molar-refractivity contribution is 9.10. The van der Waals surface area contributed by atoms with Gasteiger partial charge in [-0.3, -0.25) is 4.79 Å². The van der Waals surface area contributed by atoms with E-state index in [9.17, 15) is 9.59 Å².